The molecule has 0 N–H and O–H groups in total. The molecule has 0 heterocycles. The molecule has 1 unspecified atom stereocenters. The summed E-state index contributed by atoms with van der Waals surface area (Å²) in [4.78, 5) is 0. The van der Waals surface area contributed by atoms with Crippen LogP contribution in [0.1, 0.15) is 34.1 Å². The lowest BCUT2D eigenvalue weighted by atomic mass is 9.79. The highest BCUT2D eigenvalue weighted by Crippen LogP contribution is 2.31. The van der Waals surface area contributed by atoms with Crippen molar-refractivity contribution in [2.75, 3.05) is 5.88 Å². The lowest BCUT2D eigenvalue weighted by Gasteiger charge is -2.29. The van der Waals surface area contributed by atoms with Crippen molar-refractivity contribution in [3.8, 4) is 0 Å². The predicted octanol–water partition coefficient (Wildman–Crippen LogP) is 3.30. The van der Waals surface area contributed by atoms with Crippen LogP contribution in [0.15, 0.2) is 0 Å². The Kier molecular flexibility index (Phi) is 3.57. The van der Waals surface area contributed by atoms with Crippen molar-refractivity contribution < 1.29 is 0 Å². The van der Waals surface area contributed by atoms with Gasteiger partial charge in [-0.3, -0.25) is 0 Å². The van der Waals surface area contributed by atoms with Crippen LogP contribution in [0.4, 0.5) is 0 Å². The van der Waals surface area contributed by atoms with Crippen molar-refractivity contribution in [3.05, 3.63) is 0 Å². The van der Waals surface area contributed by atoms with E-state index in [4.69, 9.17) is 11.6 Å². The maximum Gasteiger partial charge on any atom is 0.0279 e. The standard InChI is InChI=1S/C8H17Cl/c1-5-8(4,6-9)7(2)3/h7H,5-6H2,1-4H3. The van der Waals surface area contributed by atoms with E-state index in [9.17, 15) is 0 Å². The Morgan fingerprint density at radius 2 is 1.89 bits per heavy atom. The van der Waals surface area contributed by atoms with E-state index in [2.05, 4.69) is 27.7 Å². The lowest BCUT2D eigenvalue weighted by molar-refractivity contribution is 0.245. The normalized spacial score (nSPS) is 18.0. The number of alkyl halides is 1. The summed E-state index contributed by atoms with van der Waals surface area (Å²) in [6.45, 7) is 8.89. The van der Waals surface area contributed by atoms with Crippen LogP contribution in [0.2, 0.25) is 0 Å². The van der Waals surface area contributed by atoms with Gasteiger partial charge in [0.25, 0.3) is 0 Å². The fourth-order valence-corrected chi connectivity index (χ4v) is 1.15. The Hall–Kier alpha value is 0.290. The van der Waals surface area contributed by atoms with Crippen molar-refractivity contribution in [1.29, 1.82) is 0 Å². The smallest absolute Gasteiger partial charge is 0.0279 e. The molecule has 0 amide bonds. The topological polar surface area (TPSA) is 0 Å². The van der Waals surface area contributed by atoms with E-state index < -0.39 is 0 Å². The van der Waals surface area contributed by atoms with Gasteiger partial charge >= 0.3 is 0 Å². The Labute approximate surface area is 63.6 Å². The van der Waals surface area contributed by atoms with Gasteiger partial charge in [0.15, 0.2) is 0 Å². The second-order valence-electron chi connectivity index (χ2n) is 3.30. The van der Waals surface area contributed by atoms with Crippen LogP contribution in [0.25, 0.3) is 0 Å². The largest absolute Gasteiger partial charge is 0.126 e. The van der Waals surface area contributed by atoms with Gasteiger partial charge in [-0.25, -0.2) is 0 Å². The summed E-state index contributed by atoms with van der Waals surface area (Å²) in [5.41, 5.74) is 0.349. The lowest BCUT2D eigenvalue weighted by Crippen LogP contribution is -2.24. The molecule has 0 rings (SSSR count). The van der Waals surface area contributed by atoms with E-state index in [0.717, 1.165) is 5.88 Å². The first-order chi connectivity index (χ1) is 4.06. The molecule has 0 aliphatic heterocycles. The van der Waals surface area contributed by atoms with Crippen LogP contribution in [0, 0.1) is 11.3 Å². The number of hydrogen-bond acceptors (Lipinski definition) is 0. The summed E-state index contributed by atoms with van der Waals surface area (Å²) in [5, 5.41) is 0. The Morgan fingerprint density at radius 1 is 1.44 bits per heavy atom. The highest BCUT2D eigenvalue weighted by Gasteiger charge is 2.24. The molecule has 0 bridgehead atoms. The first-order valence-electron chi connectivity index (χ1n) is 3.62. The first kappa shape index (κ1) is 9.29. The molecule has 0 radical (unpaired) electrons. The van der Waals surface area contributed by atoms with Gasteiger partial charge in [0.2, 0.25) is 0 Å². The van der Waals surface area contributed by atoms with Gasteiger partial charge in [-0.15, -0.1) is 11.6 Å². The molecule has 56 valence electrons. The van der Waals surface area contributed by atoms with Crippen molar-refractivity contribution in [2.45, 2.75) is 34.1 Å². The van der Waals surface area contributed by atoms with Crippen molar-refractivity contribution in [1.82, 2.24) is 0 Å². The maximum atomic E-state index is 5.80. The second kappa shape index (κ2) is 3.46. The van der Waals surface area contributed by atoms with Crippen molar-refractivity contribution in [3.63, 3.8) is 0 Å². The number of hydrogen-bond donors (Lipinski definition) is 0. The Morgan fingerprint density at radius 3 is 1.89 bits per heavy atom. The minimum Gasteiger partial charge on any atom is -0.126 e. The fourth-order valence-electron chi connectivity index (χ4n) is 0.657. The summed E-state index contributed by atoms with van der Waals surface area (Å²) >= 11 is 5.80. The quantitative estimate of drug-likeness (QED) is 0.539. The summed E-state index contributed by atoms with van der Waals surface area (Å²) in [6.07, 6.45) is 1.17. The van der Waals surface area contributed by atoms with Gasteiger partial charge in [0.05, 0.1) is 0 Å². The van der Waals surface area contributed by atoms with E-state index in [-0.39, 0.29) is 0 Å². The molecule has 0 fully saturated rings. The van der Waals surface area contributed by atoms with Crippen LogP contribution in [0.3, 0.4) is 0 Å². The van der Waals surface area contributed by atoms with Gasteiger partial charge < -0.3 is 0 Å². The van der Waals surface area contributed by atoms with E-state index >= 15 is 0 Å². The zero-order valence-electron chi connectivity index (χ0n) is 6.87. The third-order valence-corrected chi connectivity index (χ3v) is 3.12. The van der Waals surface area contributed by atoms with Crippen LogP contribution in [-0.4, -0.2) is 5.88 Å². The van der Waals surface area contributed by atoms with Gasteiger partial charge in [-0.05, 0) is 17.8 Å². The second-order valence-corrected chi connectivity index (χ2v) is 3.56. The molecular formula is C8H17Cl. The van der Waals surface area contributed by atoms with Gasteiger partial charge in [-0.1, -0.05) is 27.7 Å². The van der Waals surface area contributed by atoms with Crippen LogP contribution < -0.4 is 0 Å². The highest BCUT2D eigenvalue weighted by atomic mass is 35.5. The molecule has 1 heteroatoms. The molecule has 0 aliphatic rings. The first-order valence-corrected chi connectivity index (χ1v) is 4.16. The summed E-state index contributed by atoms with van der Waals surface area (Å²) in [5.74, 6) is 1.47. The fraction of sp³-hybridized carbons (Fsp3) is 1.00. The van der Waals surface area contributed by atoms with E-state index in [1.807, 2.05) is 0 Å². The molecule has 0 saturated heterocycles. The third kappa shape index (κ3) is 2.17. The van der Waals surface area contributed by atoms with E-state index in [0.29, 0.717) is 11.3 Å². The summed E-state index contributed by atoms with van der Waals surface area (Å²) in [6, 6.07) is 0. The predicted molar refractivity (Wildman–Crippen MR) is 44.0 cm³/mol. The molecule has 0 spiro atoms. The molecule has 9 heavy (non-hydrogen) atoms. The average molecular weight is 149 g/mol. The van der Waals surface area contributed by atoms with Crippen LogP contribution in [-0.2, 0) is 0 Å². The summed E-state index contributed by atoms with van der Waals surface area (Å²) < 4.78 is 0. The number of halogens is 1. The van der Waals surface area contributed by atoms with Crippen LogP contribution >= 0.6 is 11.6 Å². The zero-order valence-corrected chi connectivity index (χ0v) is 7.63. The van der Waals surface area contributed by atoms with E-state index in [1.165, 1.54) is 6.42 Å². The molecule has 0 aromatic heterocycles. The van der Waals surface area contributed by atoms with Crippen molar-refractivity contribution >= 4 is 11.6 Å². The van der Waals surface area contributed by atoms with Gasteiger partial charge in [0, 0.05) is 5.88 Å². The minimum absolute atomic E-state index is 0.349. The summed E-state index contributed by atoms with van der Waals surface area (Å²) in [7, 11) is 0. The molecule has 0 nitrogen and oxygen atoms in total. The Balaban J connectivity index is 3.92. The minimum atomic E-state index is 0.349. The molecule has 1 atom stereocenters. The average Bonchev–Trinajstić information content (AvgIpc) is 1.86. The molecule has 0 aromatic rings. The zero-order chi connectivity index (χ0) is 7.49. The molecular weight excluding hydrogens is 132 g/mol. The van der Waals surface area contributed by atoms with Gasteiger partial charge in [-0.2, -0.15) is 0 Å². The van der Waals surface area contributed by atoms with Crippen LogP contribution in [0.5, 0.6) is 0 Å². The number of rotatable bonds is 3. The Bertz CT molecular complexity index is 72.6. The maximum absolute atomic E-state index is 5.80. The van der Waals surface area contributed by atoms with E-state index in [1.54, 1.807) is 0 Å². The third-order valence-electron chi connectivity index (χ3n) is 2.51. The highest BCUT2D eigenvalue weighted by molar-refractivity contribution is 6.18. The monoisotopic (exact) mass is 148 g/mol. The van der Waals surface area contributed by atoms with Gasteiger partial charge in [0.1, 0.15) is 0 Å². The van der Waals surface area contributed by atoms with Crippen molar-refractivity contribution in [2.24, 2.45) is 11.3 Å². The molecule has 0 aromatic carbocycles. The SMILES string of the molecule is CCC(C)(CCl)C(C)C. The molecule has 0 aliphatic carbocycles. The molecule has 0 saturated carbocycles.